The molecular formula is C27H35N5O4. The maximum Gasteiger partial charge on any atom is 0.276 e. The summed E-state index contributed by atoms with van der Waals surface area (Å²) in [6.45, 7) is 2.57. The van der Waals surface area contributed by atoms with Gasteiger partial charge >= 0.3 is 0 Å². The van der Waals surface area contributed by atoms with E-state index in [1.54, 1.807) is 16.7 Å². The molecule has 1 saturated heterocycles. The van der Waals surface area contributed by atoms with Crippen molar-refractivity contribution in [1.82, 2.24) is 25.2 Å². The van der Waals surface area contributed by atoms with Gasteiger partial charge in [0, 0.05) is 25.6 Å². The Morgan fingerprint density at radius 3 is 2.69 bits per heavy atom. The van der Waals surface area contributed by atoms with Crippen LogP contribution in [0.3, 0.4) is 0 Å². The van der Waals surface area contributed by atoms with Crippen molar-refractivity contribution in [2.75, 3.05) is 26.7 Å². The van der Waals surface area contributed by atoms with E-state index >= 15 is 0 Å². The molecule has 192 valence electrons. The average molecular weight is 494 g/mol. The Hall–Kier alpha value is -3.20. The molecule has 1 fully saturated rings. The van der Waals surface area contributed by atoms with Gasteiger partial charge < -0.3 is 19.7 Å². The largest absolute Gasteiger partial charge is 0.497 e. The standard InChI is InChI=1S/C27H35N5O4/c1-35-22-9-7-20(8-10-22)24-17-32-23(18-36-24)25(29-30-32)27(34)31-15-12-21(13-16-31)26(33)28-14-11-19-5-3-2-4-6-19/h5,7-10,21,24H,2-4,6,11-18H2,1H3,(H,28,33)/t24-/m0/s1. The normalized spacial score (nSPS) is 20.4. The van der Waals surface area contributed by atoms with Crippen molar-refractivity contribution in [3.05, 3.63) is 52.9 Å². The van der Waals surface area contributed by atoms with Gasteiger partial charge in [-0.2, -0.15) is 0 Å². The number of benzene rings is 1. The summed E-state index contributed by atoms with van der Waals surface area (Å²) in [5, 5.41) is 11.6. The van der Waals surface area contributed by atoms with Gasteiger partial charge in [-0.25, -0.2) is 4.68 Å². The minimum Gasteiger partial charge on any atom is -0.497 e. The molecule has 1 N–H and O–H groups in total. The second kappa shape index (κ2) is 11.2. The van der Waals surface area contributed by atoms with E-state index in [4.69, 9.17) is 9.47 Å². The van der Waals surface area contributed by atoms with E-state index in [2.05, 4.69) is 21.7 Å². The predicted molar refractivity (Wildman–Crippen MR) is 133 cm³/mol. The summed E-state index contributed by atoms with van der Waals surface area (Å²) in [5.74, 6) is 0.725. The number of hydrogen-bond acceptors (Lipinski definition) is 6. The number of aromatic nitrogens is 3. The van der Waals surface area contributed by atoms with Crippen LogP contribution < -0.4 is 10.1 Å². The molecule has 9 heteroatoms. The van der Waals surface area contributed by atoms with Crippen LogP contribution in [-0.4, -0.2) is 58.5 Å². The second-order valence-electron chi connectivity index (χ2n) is 9.86. The fourth-order valence-corrected chi connectivity index (χ4v) is 5.31. The van der Waals surface area contributed by atoms with Gasteiger partial charge in [-0.05, 0) is 62.6 Å². The molecule has 9 nitrogen and oxygen atoms in total. The van der Waals surface area contributed by atoms with E-state index in [1.807, 2.05) is 24.3 Å². The summed E-state index contributed by atoms with van der Waals surface area (Å²) in [7, 11) is 1.64. The van der Waals surface area contributed by atoms with Crippen LogP contribution in [0.2, 0.25) is 0 Å². The number of piperidine rings is 1. The molecule has 3 aliphatic rings. The number of amides is 2. The number of likely N-dealkylation sites (tertiary alicyclic amines) is 1. The highest BCUT2D eigenvalue weighted by molar-refractivity contribution is 5.93. The summed E-state index contributed by atoms with van der Waals surface area (Å²) in [5.41, 5.74) is 3.56. The first-order valence-electron chi connectivity index (χ1n) is 13.0. The Balaban J connectivity index is 1.11. The Morgan fingerprint density at radius 1 is 1.17 bits per heavy atom. The van der Waals surface area contributed by atoms with Crippen molar-refractivity contribution in [2.45, 2.75) is 64.2 Å². The van der Waals surface area contributed by atoms with E-state index in [0.717, 1.165) is 24.2 Å². The third-order valence-electron chi connectivity index (χ3n) is 7.57. The maximum atomic E-state index is 13.2. The van der Waals surface area contributed by atoms with Crippen molar-refractivity contribution in [3.63, 3.8) is 0 Å². The van der Waals surface area contributed by atoms with Crippen LogP contribution in [0.15, 0.2) is 35.9 Å². The van der Waals surface area contributed by atoms with Gasteiger partial charge in [-0.1, -0.05) is 29.0 Å². The van der Waals surface area contributed by atoms with Gasteiger partial charge in [0.25, 0.3) is 5.91 Å². The quantitative estimate of drug-likeness (QED) is 0.594. The molecule has 0 saturated carbocycles. The van der Waals surface area contributed by atoms with Crippen LogP contribution in [0.4, 0.5) is 0 Å². The summed E-state index contributed by atoms with van der Waals surface area (Å²) >= 11 is 0. The number of rotatable bonds is 7. The van der Waals surface area contributed by atoms with Crippen LogP contribution in [-0.2, 0) is 22.7 Å². The van der Waals surface area contributed by atoms with E-state index in [1.165, 1.54) is 24.8 Å². The molecule has 36 heavy (non-hydrogen) atoms. The van der Waals surface area contributed by atoms with Crippen LogP contribution in [0, 0.1) is 5.92 Å². The number of fused-ring (bicyclic) bond motifs is 1. The Bertz CT molecular complexity index is 1100. The van der Waals surface area contributed by atoms with Crippen molar-refractivity contribution < 1.29 is 19.1 Å². The zero-order valence-electron chi connectivity index (χ0n) is 20.9. The van der Waals surface area contributed by atoms with E-state index in [9.17, 15) is 9.59 Å². The van der Waals surface area contributed by atoms with E-state index in [0.29, 0.717) is 50.4 Å². The first-order valence-corrected chi connectivity index (χ1v) is 13.0. The number of hydrogen-bond donors (Lipinski definition) is 1. The molecule has 0 radical (unpaired) electrons. The van der Waals surface area contributed by atoms with Crippen LogP contribution in [0.1, 0.15) is 72.8 Å². The van der Waals surface area contributed by atoms with Crippen LogP contribution in [0.25, 0.3) is 0 Å². The predicted octanol–water partition coefficient (Wildman–Crippen LogP) is 3.42. The number of carbonyl (C=O) groups excluding carboxylic acids is 2. The highest BCUT2D eigenvalue weighted by Gasteiger charge is 2.33. The number of methoxy groups -OCH3 is 1. The number of allylic oxidation sites excluding steroid dienone is 1. The van der Waals surface area contributed by atoms with Crippen molar-refractivity contribution in [2.24, 2.45) is 5.92 Å². The first-order chi connectivity index (χ1) is 17.6. The Morgan fingerprint density at radius 2 is 1.97 bits per heavy atom. The van der Waals surface area contributed by atoms with Gasteiger partial charge in [0.2, 0.25) is 5.91 Å². The molecule has 0 bridgehead atoms. The summed E-state index contributed by atoms with van der Waals surface area (Å²) < 4.78 is 13.1. The lowest BCUT2D eigenvalue weighted by Crippen LogP contribution is -2.43. The molecule has 1 aromatic heterocycles. The molecule has 1 atom stereocenters. The lowest BCUT2D eigenvalue weighted by atomic mass is 9.95. The first kappa shape index (κ1) is 24.5. The van der Waals surface area contributed by atoms with Crippen LogP contribution in [0.5, 0.6) is 5.75 Å². The highest BCUT2D eigenvalue weighted by Crippen LogP contribution is 2.29. The topological polar surface area (TPSA) is 98.6 Å². The third kappa shape index (κ3) is 5.46. The SMILES string of the molecule is COc1ccc([C@@H]2Cn3nnc(C(=O)N4CCC(C(=O)NCCC5=CCCCC5)CC4)c3CO2)cc1. The average Bonchev–Trinajstić information content (AvgIpc) is 3.36. The van der Waals surface area contributed by atoms with Gasteiger partial charge in [0.15, 0.2) is 5.69 Å². The lowest BCUT2D eigenvalue weighted by Gasteiger charge is -2.31. The van der Waals surface area contributed by atoms with Crippen molar-refractivity contribution in [1.29, 1.82) is 0 Å². The Labute approximate surface area is 211 Å². The monoisotopic (exact) mass is 493 g/mol. The zero-order valence-corrected chi connectivity index (χ0v) is 20.9. The fourth-order valence-electron chi connectivity index (χ4n) is 5.31. The van der Waals surface area contributed by atoms with E-state index < -0.39 is 0 Å². The molecule has 3 heterocycles. The number of nitrogens with one attached hydrogen (secondary N) is 1. The minimum absolute atomic E-state index is 0.0444. The van der Waals surface area contributed by atoms with Crippen molar-refractivity contribution >= 4 is 11.8 Å². The molecule has 1 aromatic carbocycles. The smallest absolute Gasteiger partial charge is 0.276 e. The molecule has 2 amide bonds. The molecule has 1 aliphatic carbocycles. The molecule has 2 aromatic rings. The second-order valence-corrected chi connectivity index (χ2v) is 9.86. The summed E-state index contributed by atoms with van der Waals surface area (Å²) in [6, 6.07) is 7.77. The van der Waals surface area contributed by atoms with E-state index in [-0.39, 0.29) is 30.4 Å². The van der Waals surface area contributed by atoms with Gasteiger partial charge in [-0.3, -0.25) is 9.59 Å². The molecule has 2 aliphatic heterocycles. The van der Waals surface area contributed by atoms with Crippen LogP contribution >= 0.6 is 0 Å². The summed E-state index contributed by atoms with van der Waals surface area (Å²) in [6.07, 6.45) is 9.32. The molecule has 0 spiro atoms. The maximum absolute atomic E-state index is 13.2. The Kier molecular flexibility index (Phi) is 7.65. The number of ether oxygens (including phenoxy) is 2. The third-order valence-corrected chi connectivity index (χ3v) is 7.57. The van der Waals surface area contributed by atoms with Gasteiger partial charge in [-0.15, -0.1) is 5.10 Å². The molecular weight excluding hydrogens is 458 g/mol. The van der Waals surface area contributed by atoms with Gasteiger partial charge in [0.05, 0.1) is 26.0 Å². The highest BCUT2D eigenvalue weighted by atomic mass is 16.5. The number of nitrogens with zero attached hydrogens (tertiary/aromatic N) is 4. The minimum atomic E-state index is -0.156. The van der Waals surface area contributed by atoms with Gasteiger partial charge in [0.1, 0.15) is 11.9 Å². The number of carbonyl (C=O) groups is 2. The zero-order chi connectivity index (χ0) is 24.9. The fraction of sp³-hybridized carbons (Fsp3) is 0.556. The lowest BCUT2D eigenvalue weighted by molar-refractivity contribution is -0.126. The molecule has 0 unspecified atom stereocenters. The summed E-state index contributed by atoms with van der Waals surface area (Å²) in [4.78, 5) is 27.6. The van der Waals surface area contributed by atoms with Crippen molar-refractivity contribution in [3.8, 4) is 5.75 Å². The molecule has 5 rings (SSSR count).